The zero-order chi connectivity index (χ0) is 59.6. The smallest absolute Gasteiger partial charge is 0.303 e. The molecule has 0 aliphatic heterocycles. The third-order valence-electron chi connectivity index (χ3n) is 16.0. The Hall–Kier alpha value is -0.873. The van der Waals surface area contributed by atoms with Gasteiger partial charge in [-0.15, -0.1) is 0 Å². The number of hydrogen-bond donors (Lipinski definition) is 4. The zero-order valence-electron chi connectivity index (χ0n) is 56.1. The number of carbonyl (C=O) groups is 4. The van der Waals surface area contributed by atoms with Gasteiger partial charge >= 0.3 is 23.9 Å². The summed E-state index contributed by atoms with van der Waals surface area (Å²) >= 11 is 0. The molecule has 0 unspecified atom stereocenters. The maximum absolute atomic E-state index is 10.3. The molecule has 0 rings (SSSR count). The maximum Gasteiger partial charge on any atom is 0.303 e. The summed E-state index contributed by atoms with van der Waals surface area (Å²) in [4.78, 5) is 41.3. The van der Waals surface area contributed by atoms with E-state index in [-0.39, 0.29) is 39.0 Å². The molecule has 0 saturated heterocycles. The Morgan fingerprint density at radius 2 is 0.232 bits per heavy atom. The van der Waals surface area contributed by atoms with Gasteiger partial charge in [-0.25, -0.2) is 0 Å². The quantitative estimate of drug-likeness (QED) is 0.0347. The summed E-state index contributed by atoms with van der Waals surface area (Å²) in [7, 11) is 0. The molecule has 0 spiro atoms. The van der Waals surface area contributed by atoms with Crippen LogP contribution in [0.15, 0.2) is 0 Å². The molecule has 0 saturated carbocycles. The molecule has 0 aliphatic rings. The molecule has 4 N–H and O–H groups in total. The number of unbranched alkanes of at least 4 members (excludes halogenated alkanes) is 56. The molecule has 8 nitrogen and oxygen atoms in total. The van der Waals surface area contributed by atoms with Gasteiger partial charge in [-0.3, -0.25) is 19.2 Å². The van der Waals surface area contributed by atoms with E-state index in [9.17, 15) is 19.2 Å². The van der Waals surface area contributed by atoms with E-state index in [4.69, 9.17) is 20.4 Å². The molecule has 82 heavy (non-hydrogen) atoms. The fourth-order valence-electron chi connectivity index (χ4n) is 10.6. The average Bonchev–Trinajstić information content (AvgIpc) is 3.43. The Bertz CT molecular complexity index is 996. The van der Waals surface area contributed by atoms with Gasteiger partial charge in [0.15, 0.2) is 0 Å². The maximum atomic E-state index is 10.3. The number of carboxylic acid groups (broad SMARTS) is 4. The Morgan fingerprint density at radius 1 is 0.159 bits per heavy atom. The molecular weight excluding hydrogens is 1120 g/mol. The first-order chi connectivity index (χ1) is 39.1. The predicted octanol–water partition coefficient (Wildman–Crippen LogP) is 25.3. The summed E-state index contributed by atoms with van der Waals surface area (Å²) in [5.41, 5.74) is 0. The van der Waals surface area contributed by atoms with Gasteiger partial charge in [0, 0.05) is 64.6 Å². The van der Waals surface area contributed by atoms with E-state index < -0.39 is 23.9 Å². The molecule has 0 radical (unpaired) electrons. The van der Waals surface area contributed by atoms with Gasteiger partial charge < -0.3 is 20.4 Å². The number of aliphatic carboxylic acids is 4. The van der Waals surface area contributed by atoms with E-state index in [0.717, 1.165) is 51.4 Å². The molecule has 10 heteroatoms. The second-order valence-electron chi connectivity index (χ2n) is 24.4. The second-order valence-corrected chi connectivity index (χ2v) is 24.4. The van der Waals surface area contributed by atoms with Crippen LogP contribution in [0.1, 0.15) is 439 Å². The monoisotopic (exact) mass is 1260 g/mol. The van der Waals surface area contributed by atoms with Crippen molar-refractivity contribution in [3.8, 4) is 0 Å². The van der Waals surface area contributed by atoms with Crippen molar-refractivity contribution in [1.82, 2.24) is 0 Å². The molecule has 484 valence electrons. The Morgan fingerprint density at radius 3 is 0.305 bits per heavy atom. The van der Waals surface area contributed by atoms with Crippen molar-refractivity contribution >= 4 is 23.9 Å². The van der Waals surface area contributed by atoms with Crippen LogP contribution in [0.25, 0.3) is 0 Å². The van der Waals surface area contributed by atoms with Crippen molar-refractivity contribution in [3.63, 3.8) is 0 Å². The van der Waals surface area contributed by atoms with Gasteiger partial charge in [-0.05, 0) is 25.7 Å². The molecule has 0 heterocycles. The Balaban J connectivity index is -0.000000233. The molecule has 0 atom stereocenters. The standard InChI is InChI=1S/4C18H36O2.2Zn/c4*1-2-3-4-5-6-7-8-9-10-11-12-13-14-15-16-17-18(19)20;;/h4*2-17H2,1H3,(H,19,20);;. The van der Waals surface area contributed by atoms with E-state index in [1.54, 1.807) is 0 Å². The number of hydrogen-bond acceptors (Lipinski definition) is 4. The van der Waals surface area contributed by atoms with Crippen LogP contribution in [0.2, 0.25) is 0 Å². The van der Waals surface area contributed by atoms with Crippen LogP contribution in [-0.2, 0) is 58.1 Å². The van der Waals surface area contributed by atoms with Crippen molar-refractivity contribution in [3.05, 3.63) is 0 Å². The zero-order valence-corrected chi connectivity index (χ0v) is 62.0. The minimum atomic E-state index is -0.653. The molecule has 0 aliphatic carbocycles. The van der Waals surface area contributed by atoms with E-state index >= 15 is 0 Å². The fraction of sp³-hybridized carbons (Fsp3) is 0.944. The van der Waals surface area contributed by atoms with E-state index in [1.807, 2.05) is 0 Å². The van der Waals surface area contributed by atoms with Crippen LogP contribution in [0.3, 0.4) is 0 Å². The van der Waals surface area contributed by atoms with Gasteiger partial charge in [0.25, 0.3) is 0 Å². The van der Waals surface area contributed by atoms with Crippen molar-refractivity contribution in [2.75, 3.05) is 0 Å². The predicted molar refractivity (Wildman–Crippen MR) is 349 cm³/mol. The summed E-state index contributed by atoms with van der Waals surface area (Å²) in [5.74, 6) is -2.61. The topological polar surface area (TPSA) is 149 Å². The average molecular weight is 1270 g/mol. The van der Waals surface area contributed by atoms with E-state index in [1.165, 1.54) is 334 Å². The molecule has 0 aromatic heterocycles. The second kappa shape index (κ2) is 88.9. The van der Waals surface area contributed by atoms with Crippen LogP contribution in [0.5, 0.6) is 0 Å². The SMILES string of the molecule is CCCCCCCCCCCCCCCCCC(=O)O.CCCCCCCCCCCCCCCCCC(=O)O.CCCCCCCCCCCCCCCCCC(=O)O.CCCCCCCCCCCCCCCCCC(=O)O.[Zn].[Zn]. The van der Waals surface area contributed by atoms with Crippen LogP contribution >= 0.6 is 0 Å². The van der Waals surface area contributed by atoms with Crippen LogP contribution < -0.4 is 0 Å². The van der Waals surface area contributed by atoms with Gasteiger partial charge in [0.2, 0.25) is 0 Å². The van der Waals surface area contributed by atoms with Gasteiger partial charge in [-0.2, -0.15) is 0 Å². The number of carboxylic acids is 4. The van der Waals surface area contributed by atoms with E-state index in [2.05, 4.69) is 27.7 Å². The number of rotatable bonds is 64. The summed E-state index contributed by atoms with van der Waals surface area (Å²) in [5, 5.41) is 34.1. The summed E-state index contributed by atoms with van der Waals surface area (Å²) in [6.45, 7) is 9.08. The van der Waals surface area contributed by atoms with Crippen molar-refractivity contribution < 1.29 is 78.6 Å². The molecule has 0 bridgehead atoms. The fourth-order valence-corrected chi connectivity index (χ4v) is 10.6. The molecule has 0 aromatic rings. The van der Waals surface area contributed by atoms with E-state index in [0.29, 0.717) is 25.7 Å². The van der Waals surface area contributed by atoms with Gasteiger partial charge in [-0.1, -0.05) is 387 Å². The molecule has 0 amide bonds. The minimum absolute atomic E-state index is 0. The molecule has 0 fully saturated rings. The molecule has 0 aromatic carbocycles. The van der Waals surface area contributed by atoms with Crippen LogP contribution in [0.4, 0.5) is 0 Å². The Kier molecular flexibility index (Phi) is 100. The molecular formula is C72H144O8Zn2. The largest absolute Gasteiger partial charge is 0.481 e. The third kappa shape index (κ3) is 107. The van der Waals surface area contributed by atoms with Crippen molar-refractivity contribution in [2.45, 2.75) is 439 Å². The summed E-state index contributed by atoms with van der Waals surface area (Å²) in [6.07, 6.45) is 80.8. The third-order valence-corrected chi connectivity index (χ3v) is 16.0. The summed E-state index contributed by atoms with van der Waals surface area (Å²) in [6, 6.07) is 0. The van der Waals surface area contributed by atoms with Crippen LogP contribution in [-0.4, -0.2) is 44.3 Å². The van der Waals surface area contributed by atoms with Crippen LogP contribution in [0, 0.1) is 0 Å². The first-order valence-corrected chi connectivity index (χ1v) is 36.0. The van der Waals surface area contributed by atoms with Gasteiger partial charge in [0.05, 0.1) is 0 Å². The van der Waals surface area contributed by atoms with Crippen molar-refractivity contribution in [1.29, 1.82) is 0 Å². The first kappa shape index (κ1) is 92.3. The summed E-state index contributed by atoms with van der Waals surface area (Å²) < 4.78 is 0. The minimum Gasteiger partial charge on any atom is -0.481 e. The van der Waals surface area contributed by atoms with Gasteiger partial charge in [0.1, 0.15) is 0 Å². The van der Waals surface area contributed by atoms with Crippen molar-refractivity contribution in [2.24, 2.45) is 0 Å². The first-order valence-electron chi connectivity index (χ1n) is 36.0. The normalized spacial score (nSPS) is 10.6. The Labute approximate surface area is 537 Å².